The van der Waals surface area contributed by atoms with Gasteiger partial charge in [0.05, 0.1) is 22.5 Å². The monoisotopic (exact) mass is 657 g/mol. The number of aromatic nitrogens is 5. The number of imidazole rings is 1. The van der Waals surface area contributed by atoms with Gasteiger partial charge in [0.15, 0.2) is 25.5 Å². The molecule has 5 aliphatic heterocycles. The lowest BCUT2D eigenvalue weighted by Crippen LogP contribution is -2.85. The second kappa shape index (κ2) is 7.60. The zero-order valence-electron chi connectivity index (χ0n) is 26.8. The van der Waals surface area contributed by atoms with E-state index in [0.717, 1.165) is 28.7 Å². The number of hydrogen-bond acceptors (Lipinski definition) is 2. The fourth-order valence-corrected chi connectivity index (χ4v) is 16.3. The van der Waals surface area contributed by atoms with E-state index < -0.39 is 8.07 Å². The molecular weight excluding hydrogens is 633 g/mol. The quantitative estimate of drug-likeness (QED) is 0.133. The Balaban J connectivity index is 1.32. The smallest absolute Gasteiger partial charge is 0.352 e. The fraction of sp³-hybridized carbons (Fsp3) is 0.0238. The summed E-state index contributed by atoms with van der Waals surface area (Å²) in [5.74, 6) is 2.94. The van der Waals surface area contributed by atoms with Gasteiger partial charge in [-0.2, -0.15) is 4.57 Å². The Morgan fingerprint density at radius 2 is 1.42 bits per heavy atom. The maximum absolute atomic E-state index is 7.07. The molecule has 230 valence electrons. The highest BCUT2D eigenvalue weighted by Gasteiger charge is 2.71. The zero-order valence-corrected chi connectivity index (χ0v) is 27.8. The molecule has 0 fully saturated rings. The van der Waals surface area contributed by atoms with Gasteiger partial charge in [-0.05, 0) is 68.6 Å². The third kappa shape index (κ3) is 2.18. The summed E-state index contributed by atoms with van der Waals surface area (Å²) in [6, 6.07) is 42.8. The Kier molecular flexibility index (Phi) is 3.76. The highest BCUT2D eigenvalue weighted by atomic mass is 28.3. The van der Waals surface area contributed by atoms with Gasteiger partial charge in [-0.25, -0.2) is 4.57 Å². The van der Waals surface area contributed by atoms with E-state index in [0.29, 0.717) is 4.70 Å². The molecule has 9 heterocycles. The standard InChI is InChI=1S/C42H25N6OSi/c1-44-29-14-4-5-15-30(29)47-41(44)27-12-8-16-31-39(27)48(47)40-32(49-31)19-20-35-38(40)46-37-28(26-13-9-21-45(48)42(26)46)22-43-23-36(37)50(35)33-17-6-2-10-24(33)25-11-3-7-18-34(25)50/h2-23H,1H3/q+3. The van der Waals surface area contributed by atoms with E-state index in [4.69, 9.17) is 9.72 Å². The summed E-state index contributed by atoms with van der Waals surface area (Å²) in [4.78, 5) is 5.07. The Bertz CT molecular complexity index is 3130. The van der Waals surface area contributed by atoms with Crippen molar-refractivity contribution in [1.82, 2.24) is 18.8 Å². The number of benzene rings is 5. The average molecular weight is 658 g/mol. The van der Waals surface area contributed by atoms with Gasteiger partial charge in [0.25, 0.3) is 5.69 Å². The summed E-state index contributed by atoms with van der Waals surface area (Å²) in [6.45, 7) is 0. The van der Waals surface area contributed by atoms with Crippen LogP contribution in [0, 0.1) is 0 Å². The minimum atomic E-state index is -2.87. The molecule has 0 radical (unpaired) electrons. The molecule has 50 heavy (non-hydrogen) atoms. The van der Waals surface area contributed by atoms with Crippen LogP contribution in [0.3, 0.4) is 0 Å². The molecular formula is C42H25N6OSi+3. The molecule has 0 amide bonds. The van der Waals surface area contributed by atoms with Crippen LogP contribution >= 0.6 is 0 Å². The van der Waals surface area contributed by atoms with E-state index in [2.05, 4.69) is 159 Å². The minimum absolute atomic E-state index is 0.352. The zero-order chi connectivity index (χ0) is 32.2. The lowest BCUT2D eigenvalue weighted by molar-refractivity contribution is -1.01. The van der Waals surface area contributed by atoms with E-state index in [1.54, 1.807) is 0 Å². The average Bonchev–Trinajstić information content (AvgIpc) is 3.86. The minimum Gasteiger partial charge on any atom is -0.444 e. The molecule has 4 aromatic heterocycles. The molecule has 5 aliphatic rings. The van der Waals surface area contributed by atoms with Crippen LogP contribution in [0.5, 0.6) is 11.5 Å². The van der Waals surface area contributed by atoms with Crippen molar-refractivity contribution in [2.45, 2.75) is 0 Å². The van der Waals surface area contributed by atoms with Gasteiger partial charge in [0.1, 0.15) is 11.1 Å². The van der Waals surface area contributed by atoms with E-state index in [-0.39, 0.29) is 0 Å². The predicted molar refractivity (Wildman–Crippen MR) is 196 cm³/mol. The summed E-state index contributed by atoms with van der Waals surface area (Å²) in [6.07, 6.45) is 6.56. The first-order valence-electron chi connectivity index (χ1n) is 17.2. The molecule has 8 heteroatoms. The second-order valence-corrected chi connectivity index (χ2v) is 17.9. The van der Waals surface area contributed by atoms with Crippen molar-refractivity contribution in [3.8, 4) is 39.7 Å². The molecule has 0 aliphatic carbocycles. The lowest BCUT2D eigenvalue weighted by Gasteiger charge is -2.39. The summed E-state index contributed by atoms with van der Waals surface area (Å²) in [5, 5.41) is 8.01. The number of quaternary nitrogens is 1. The Hall–Kier alpha value is -6.35. The fourth-order valence-electron chi connectivity index (χ4n) is 10.8. The van der Waals surface area contributed by atoms with Crippen LogP contribution in [-0.4, -0.2) is 22.2 Å². The molecule has 14 rings (SSSR count). The SMILES string of the molecule is Cn1c2[n+](c3ccccc31)[N+]13c4c(cccc4-2)Oc2ccc4c(c21)-n1c2c(cncc2c2ccc[n+]3c21)[Si]41c2ccccc2-c2ccccc21. The van der Waals surface area contributed by atoms with Crippen LogP contribution in [0.4, 0.5) is 11.4 Å². The van der Waals surface area contributed by atoms with Gasteiger partial charge < -0.3 is 4.74 Å². The number of para-hydroxylation sites is 3. The molecule has 0 bridgehead atoms. The van der Waals surface area contributed by atoms with Gasteiger partial charge in [0.2, 0.25) is 17.0 Å². The van der Waals surface area contributed by atoms with E-state index >= 15 is 0 Å². The first kappa shape index (κ1) is 24.7. The van der Waals surface area contributed by atoms with Crippen LogP contribution < -0.4 is 39.5 Å². The van der Waals surface area contributed by atoms with Gasteiger partial charge >= 0.3 is 17.2 Å². The van der Waals surface area contributed by atoms with Gasteiger partial charge in [-0.1, -0.05) is 72.8 Å². The topological polar surface area (TPSA) is 39.7 Å². The van der Waals surface area contributed by atoms with Crippen LogP contribution in [0.2, 0.25) is 0 Å². The van der Waals surface area contributed by atoms with Crippen molar-refractivity contribution in [2.24, 2.45) is 7.05 Å². The molecule has 1 atom stereocenters. The highest BCUT2D eigenvalue weighted by molar-refractivity contribution is 7.23. The molecule has 1 unspecified atom stereocenters. The highest BCUT2D eigenvalue weighted by Crippen LogP contribution is 2.60. The van der Waals surface area contributed by atoms with Crippen LogP contribution in [0.15, 0.2) is 134 Å². The maximum atomic E-state index is 7.07. The second-order valence-electron chi connectivity index (χ2n) is 14.2. The number of rotatable bonds is 0. The summed E-state index contributed by atoms with van der Waals surface area (Å²) < 4.78 is 17.4. The van der Waals surface area contributed by atoms with E-state index in [1.165, 1.54) is 76.1 Å². The van der Waals surface area contributed by atoms with Gasteiger partial charge in [-0.3, -0.25) is 4.98 Å². The van der Waals surface area contributed by atoms with Crippen molar-refractivity contribution in [2.75, 3.05) is 0 Å². The van der Waals surface area contributed by atoms with Crippen molar-refractivity contribution in [3.05, 3.63) is 134 Å². The largest absolute Gasteiger partial charge is 0.444 e. The van der Waals surface area contributed by atoms with Crippen molar-refractivity contribution < 1.29 is 14.1 Å². The number of pyridine rings is 2. The van der Waals surface area contributed by atoms with Crippen LogP contribution in [-0.2, 0) is 7.05 Å². The molecule has 2 spiro atoms. The number of hydrogen-bond donors (Lipinski definition) is 0. The van der Waals surface area contributed by atoms with Gasteiger partial charge in [-0.15, -0.1) is 0 Å². The Morgan fingerprint density at radius 3 is 2.28 bits per heavy atom. The molecule has 0 saturated carbocycles. The molecule has 9 aromatic rings. The Morgan fingerprint density at radius 1 is 0.660 bits per heavy atom. The Labute approximate surface area is 285 Å². The first-order chi connectivity index (χ1) is 24.8. The molecule has 0 N–H and O–H groups in total. The molecule has 0 saturated heterocycles. The predicted octanol–water partition coefficient (Wildman–Crippen LogP) is 4.88. The number of ether oxygens (including phenoxy) is 1. The van der Waals surface area contributed by atoms with Crippen molar-refractivity contribution >= 4 is 73.2 Å². The third-order valence-corrected chi connectivity index (χ3v) is 17.2. The van der Waals surface area contributed by atoms with Crippen molar-refractivity contribution in [3.63, 3.8) is 0 Å². The molecule has 5 aromatic carbocycles. The first-order valence-corrected chi connectivity index (χ1v) is 19.2. The third-order valence-electron chi connectivity index (χ3n) is 12.4. The number of fused-ring (bicyclic) bond motifs is 12. The summed E-state index contributed by atoms with van der Waals surface area (Å²) in [7, 11) is -0.672. The molecule has 7 nitrogen and oxygen atoms in total. The van der Waals surface area contributed by atoms with E-state index in [9.17, 15) is 0 Å². The normalized spacial score (nSPS) is 18.1. The number of aryl methyl sites for hydroxylation is 1. The summed E-state index contributed by atoms with van der Waals surface area (Å²) in [5.41, 5.74) is 12.2. The number of nitrogens with zero attached hydrogens (tertiary/aromatic N) is 6. The summed E-state index contributed by atoms with van der Waals surface area (Å²) >= 11 is 0. The maximum Gasteiger partial charge on any atom is 0.352 e. The lowest BCUT2D eigenvalue weighted by atomic mass is 10.1. The van der Waals surface area contributed by atoms with Gasteiger partial charge in [0, 0.05) is 27.4 Å². The van der Waals surface area contributed by atoms with Crippen LogP contribution in [0.1, 0.15) is 0 Å². The van der Waals surface area contributed by atoms with Crippen LogP contribution in [0.25, 0.3) is 61.2 Å². The van der Waals surface area contributed by atoms with E-state index in [1.807, 2.05) is 0 Å². The van der Waals surface area contributed by atoms with Crippen molar-refractivity contribution in [1.29, 1.82) is 0 Å².